The van der Waals surface area contributed by atoms with Gasteiger partial charge in [-0.25, -0.2) is 14.4 Å². The zero-order valence-electron chi connectivity index (χ0n) is 29.0. The molecule has 11 fully saturated rings. The lowest BCUT2D eigenvalue weighted by Crippen LogP contribution is -2.58. The van der Waals surface area contributed by atoms with Crippen LogP contribution >= 0.6 is 0 Å². The van der Waals surface area contributed by atoms with Crippen molar-refractivity contribution >= 4 is 23.9 Å². The fourth-order valence-electron chi connectivity index (χ4n) is 12.0. The summed E-state index contributed by atoms with van der Waals surface area (Å²) in [5.41, 5.74) is -0.0354. The van der Waals surface area contributed by atoms with Crippen molar-refractivity contribution in [2.24, 2.45) is 59.2 Å². The molecule has 1 saturated heterocycles. The van der Waals surface area contributed by atoms with E-state index >= 15 is 0 Å². The summed E-state index contributed by atoms with van der Waals surface area (Å²) in [5, 5.41) is 25.4. The molecule has 4 unspecified atom stereocenters. The molecule has 0 radical (unpaired) electrons. The molecule has 0 aromatic carbocycles. The molecule has 10 saturated carbocycles. The molecule has 270 valence electrons. The third kappa shape index (κ3) is 7.16. The Morgan fingerprint density at radius 3 is 1.73 bits per heavy atom. The quantitative estimate of drug-likeness (QED) is 0.120. The normalized spacial score (nSPS) is 43.5. The SMILES string of the molecule is C=C(C)C(=O)OC1(C)C2CC3CC(C2)CC1C3.C=CC(=O)O.O=C(OC12CC3CC(CC(C3)C1)C2)C(O)=CO.O=C1OC2C3CCC2C1C3. The van der Waals surface area contributed by atoms with Crippen LogP contribution in [-0.2, 0) is 33.4 Å². The van der Waals surface area contributed by atoms with Crippen molar-refractivity contribution in [3.63, 3.8) is 0 Å². The molecule has 49 heavy (non-hydrogen) atoms. The highest BCUT2D eigenvalue weighted by Crippen LogP contribution is 2.60. The first-order valence-corrected chi connectivity index (χ1v) is 18.4. The first kappa shape index (κ1) is 35.5. The van der Waals surface area contributed by atoms with E-state index in [1.165, 1.54) is 64.2 Å². The van der Waals surface area contributed by atoms with Crippen LogP contribution in [-0.4, -0.2) is 56.5 Å². The highest BCUT2D eigenvalue weighted by atomic mass is 16.6. The molecule has 0 amide bonds. The fraction of sp³-hybridized carbons (Fsp3) is 0.744. The first-order chi connectivity index (χ1) is 23.2. The van der Waals surface area contributed by atoms with Gasteiger partial charge in [0.1, 0.15) is 23.6 Å². The molecular formula is C39H54O10. The van der Waals surface area contributed by atoms with Crippen LogP contribution in [0.15, 0.2) is 36.8 Å². The lowest BCUT2D eigenvalue weighted by atomic mass is 9.50. The Labute approximate surface area is 289 Å². The lowest BCUT2D eigenvalue weighted by molar-refractivity contribution is -0.199. The number of rotatable bonds is 5. The molecule has 1 aliphatic heterocycles. The van der Waals surface area contributed by atoms with Gasteiger partial charge < -0.3 is 29.5 Å². The van der Waals surface area contributed by atoms with Crippen molar-refractivity contribution in [1.29, 1.82) is 0 Å². The van der Waals surface area contributed by atoms with Gasteiger partial charge in [-0.3, -0.25) is 4.79 Å². The number of carboxylic acid groups (broad SMARTS) is 1. The van der Waals surface area contributed by atoms with Crippen molar-refractivity contribution < 1.29 is 48.7 Å². The minimum Gasteiger partial charge on any atom is -0.511 e. The molecular weight excluding hydrogens is 628 g/mol. The smallest absolute Gasteiger partial charge is 0.377 e. The van der Waals surface area contributed by atoms with E-state index in [1.54, 1.807) is 6.92 Å². The minimum absolute atomic E-state index is 0.0888. The van der Waals surface area contributed by atoms with Crippen molar-refractivity contribution in [2.45, 2.75) is 121 Å². The second-order valence-corrected chi connectivity index (χ2v) is 16.9. The summed E-state index contributed by atoms with van der Waals surface area (Å²) in [6, 6.07) is 0. The van der Waals surface area contributed by atoms with Crippen LogP contribution in [0.25, 0.3) is 0 Å². The maximum absolute atomic E-state index is 11.8. The zero-order valence-corrected chi connectivity index (χ0v) is 29.0. The number of hydrogen-bond donors (Lipinski definition) is 3. The fourth-order valence-corrected chi connectivity index (χ4v) is 12.0. The molecule has 10 aliphatic carbocycles. The number of aliphatic hydroxyl groups excluding tert-OH is 2. The van der Waals surface area contributed by atoms with Crippen LogP contribution < -0.4 is 0 Å². The average molecular weight is 683 g/mol. The summed E-state index contributed by atoms with van der Waals surface area (Å²) in [5.74, 6) is 4.20. The van der Waals surface area contributed by atoms with E-state index < -0.39 is 17.7 Å². The topological polar surface area (TPSA) is 157 Å². The van der Waals surface area contributed by atoms with E-state index in [-0.39, 0.29) is 23.1 Å². The monoisotopic (exact) mass is 682 g/mol. The summed E-state index contributed by atoms with van der Waals surface area (Å²) < 4.78 is 16.5. The number of hydrogen-bond acceptors (Lipinski definition) is 9. The number of aliphatic carboxylic acids is 1. The highest BCUT2D eigenvalue weighted by molar-refractivity contribution is 5.87. The molecule has 10 heteroatoms. The van der Waals surface area contributed by atoms with Crippen LogP contribution in [0.4, 0.5) is 0 Å². The Balaban J connectivity index is 0.000000122. The second kappa shape index (κ2) is 13.8. The molecule has 0 aromatic heterocycles. The Kier molecular flexibility index (Phi) is 9.99. The summed E-state index contributed by atoms with van der Waals surface area (Å²) in [7, 11) is 0. The Morgan fingerprint density at radius 2 is 1.33 bits per heavy atom. The third-order valence-corrected chi connectivity index (χ3v) is 13.6. The molecule has 0 spiro atoms. The third-order valence-electron chi connectivity index (χ3n) is 13.6. The molecule has 1 heterocycles. The molecule has 11 aliphatic rings. The number of carboxylic acids is 1. The molecule has 10 nitrogen and oxygen atoms in total. The van der Waals surface area contributed by atoms with Gasteiger partial charge in [0.05, 0.1) is 5.92 Å². The first-order valence-electron chi connectivity index (χ1n) is 18.4. The van der Waals surface area contributed by atoms with Gasteiger partial charge in [0.2, 0.25) is 5.76 Å². The van der Waals surface area contributed by atoms with Crippen molar-refractivity contribution in [1.82, 2.24) is 0 Å². The number of ether oxygens (including phenoxy) is 3. The highest BCUT2D eigenvalue weighted by Gasteiger charge is 2.59. The lowest BCUT2D eigenvalue weighted by Gasteiger charge is -2.59. The van der Waals surface area contributed by atoms with Gasteiger partial charge in [-0.15, -0.1) is 0 Å². The van der Waals surface area contributed by atoms with E-state index in [9.17, 15) is 19.2 Å². The van der Waals surface area contributed by atoms with Gasteiger partial charge in [-0.05, 0) is 151 Å². The predicted octanol–water partition coefficient (Wildman–Crippen LogP) is 6.99. The van der Waals surface area contributed by atoms with Gasteiger partial charge in [0.15, 0.2) is 0 Å². The summed E-state index contributed by atoms with van der Waals surface area (Å²) in [6.45, 7) is 10.6. The summed E-state index contributed by atoms with van der Waals surface area (Å²) in [6.07, 6.45) is 18.4. The van der Waals surface area contributed by atoms with E-state index in [1.807, 2.05) is 0 Å². The van der Waals surface area contributed by atoms with E-state index in [0.717, 1.165) is 49.5 Å². The van der Waals surface area contributed by atoms with E-state index in [0.29, 0.717) is 59.4 Å². The van der Waals surface area contributed by atoms with Crippen LogP contribution in [0.2, 0.25) is 0 Å². The number of aliphatic hydroxyl groups is 2. The van der Waals surface area contributed by atoms with Crippen molar-refractivity contribution in [3.05, 3.63) is 36.8 Å². The summed E-state index contributed by atoms with van der Waals surface area (Å²) >= 11 is 0. The minimum atomic E-state index is -0.981. The van der Waals surface area contributed by atoms with Gasteiger partial charge in [-0.1, -0.05) is 13.2 Å². The van der Waals surface area contributed by atoms with Gasteiger partial charge in [-0.2, -0.15) is 0 Å². The maximum Gasteiger partial charge on any atom is 0.377 e. The largest absolute Gasteiger partial charge is 0.511 e. The van der Waals surface area contributed by atoms with Crippen LogP contribution in [0.5, 0.6) is 0 Å². The number of carbonyl (C=O) groups excluding carboxylic acids is 3. The van der Waals surface area contributed by atoms with Crippen LogP contribution in [0.1, 0.15) is 104 Å². The Morgan fingerprint density at radius 1 is 0.816 bits per heavy atom. The molecule has 0 aromatic rings. The Hall–Kier alpha value is -3.30. The van der Waals surface area contributed by atoms with E-state index in [4.69, 9.17) is 29.5 Å². The molecule has 3 N–H and O–H groups in total. The van der Waals surface area contributed by atoms with Crippen molar-refractivity contribution in [3.8, 4) is 0 Å². The molecule has 11 rings (SSSR count). The predicted molar refractivity (Wildman–Crippen MR) is 179 cm³/mol. The zero-order chi connectivity index (χ0) is 35.2. The maximum atomic E-state index is 11.8. The van der Waals surface area contributed by atoms with E-state index in [2.05, 4.69) is 20.1 Å². The van der Waals surface area contributed by atoms with Gasteiger partial charge >= 0.3 is 23.9 Å². The van der Waals surface area contributed by atoms with Gasteiger partial charge in [0.25, 0.3) is 0 Å². The van der Waals surface area contributed by atoms with Crippen LogP contribution in [0.3, 0.4) is 0 Å². The van der Waals surface area contributed by atoms with Crippen molar-refractivity contribution in [2.75, 3.05) is 0 Å². The number of esters is 3. The number of carbonyl (C=O) groups is 4. The standard InChI is InChI=1S/C15H22O2.C13H18O4.C8H10O2.C3H4O2/c1-9(2)14(16)17-15(3)12-5-10-4-11(7-12)8-13(15)6-10;14-7-11(15)12(16)17-13-4-8-1-9(5-13)3-10(2-8)6-13;9-8-6-3-4-1-2-5(6)7(4)10-8;1-2-3(4)5/h10-13H,1,4-8H2,2-3H3;7-10,14-15H,1-6H2;4-7H,1-3H2;2H,1H2,(H,4,5). The van der Waals surface area contributed by atoms with Crippen LogP contribution in [0, 0.1) is 59.2 Å². The van der Waals surface area contributed by atoms with Gasteiger partial charge in [0, 0.05) is 17.6 Å². The Bertz CT molecular complexity index is 1310. The second-order valence-electron chi connectivity index (χ2n) is 16.9. The molecule has 4 atom stereocenters. The molecule has 12 bridgehead atoms. The average Bonchev–Trinajstić information content (AvgIpc) is 3.70. The summed E-state index contributed by atoms with van der Waals surface area (Å²) in [4.78, 5) is 43.6.